The maximum absolute atomic E-state index is 11.4. The molecule has 0 aliphatic rings. The second kappa shape index (κ2) is 17.2. The molecule has 0 aliphatic heterocycles. The van der Waals surface area contributed by atoms with Crippen LogP contribution < -0.4 is 0 Å². The highest BCUT2D eigenvalue weighted by Gasteiger charge is 2.07. The maximum atomic E-state index is 11.4. The van der Waals surface area contributed by atoms with Crippen LogP contribution in [0, 0.1) is 0 Å². The van der Waals surface area contributed by atoms with Crippen LogP contribution in [0.4, 0.5) is 0 Å². The first-order valence-electron chi connectivity index (χ1n) is 9.72. The lowest BCUT2D eigenvalue weighted by molar-refractivity contribution is -0.147. The molecular formula is C19H38O5. The molecule has 24 heavy (non-hydrogen) atoms. The summed E-state index contributed by atoms with van der Waals surface area (Å²) in [6.45, 7) is 1.68. The van der Waals surface area contributed by atoms with Crippen LogP contribution in [-0.2, 0) is 9.53 Å². The molecule has 2 unspecified atom stereocenters. The molecule has 144 valence electrons. The molecule has 0 radical (unpaired) electrons. The minimum Gasteiger partial charge on any atom is -0.463 e. The molecule has 0 saturated carbocycles. The van der Waals surface area contributed by atoms with Gasteiger partial charge in [0.25, 0.3) is 0 Å². The molecule has 0 spiro atoms. The van der Waals surface area contributed by atoms with Gasteiger partial charge in [-0.15, -0.1) is 0 Å². The van der Waals surface area contributed by atoms with Crippen molar-refractivity contribution in [2.75, 3.05) is 13.2 Å². The van der Waals surface area contributed by atoms with Gasteiger partial charge in [0.1, 0.15) is 12.7 Å². The zero-order chi connectivity index (χ0) is 18.0. The molecule has 0 bridgehead atoms. The Morgan fingerprint density at radius 3 is 1.96 bits per heavy atom. The van der Waals surface area contributed by atoms with Crippen LogP contribution in [0.1, 0.15) is 90.4 Å². The third-order valence-electron chi connectivity index (χ3n) is 4.21. The minimum atomic E-state index is -0.976. The van der Waals surface area contributed by atoms with E-state index in [4.69, 9.17) is 14.9 Å². The standard InChI is InChI=1S/C19H38O5/c1-2-3-4-9-12-17(21)13-10-7-5-6-8-11-14-19(23)24-16-18(22)15-20/h17-18,20-22H,2-16H2,1H3. The summed E-state index contributed by atoms with van der Waals surface area (Å²) in [5, 5.41) is 27.5. The number of carbonyl (C=O) groups is 1. The number of aliphatic hydroxyl groups excluding tert-OH is 3. The SMILES string of the molecule is CCCCCCC(O)CCCCCCCCC(=O)OCC(O)CO. The molecule has 0 aromatic carbocycles. The Hall–Kier alpha value is -0.650. The van der Waals surface area contributed by atoms with E-state index in [9.17, 15) is 9.90 Å². The smallest absolute Gasteiger partial charge is 0.305 e. The Balaban J connectivity index is 3.28. The lowest BCUT2D eigenvalue weighted by Crippen LogP contribution is -2.21. The summed E-state index contributed by atoms with van der Waals surface area (Å²) in [7, 11) is 0. The lowest BCUT2D eigenvalue weighted by atomic mass is 10.0. The van der Waals surface area contributed by atoms with Gasteiger partial charge in [0.2, 0.25) is 0 Å². The van der Waals surface area contributed by atoms with Gasteiger partial charge in [-0.2, -0.15) is 0 Å². The summed E-state index contributed by atoms with van der Waals surface area (Å²) in [5.41, 5.74) is 0. The summed E-state index contributed by atoms with van der Waals surface area (Å²) in [5.74, 6) is -0.311. The molecule has 5 heteroatoms. The van der Waals surface area contributed by atoms with Crippen molar-refractivity contribution < 1.29 is 24.9 Å². The molecular weight excluding hydrogens is 308 g/mol. The minimum absolute atomic E-state index is 0.129. The van der Waals surface area contributed by atoms with Crippen molar-refractivity contribution in [1.29, 1.82) is 0 Å². The fourth-order valence-electron chi connectivity index (χ4n) is 2.62. The predicted molar refractivity (Wildman–Crippen MR) is 95.8 cm³/mol. The largest absolute Gasteiger partial charge is 0.463 e. The Kier molecular flexibility index (Phi) is 16.7. The quantitative estimate of drug-likeness (QED) is 0.278. The monoisotopic (exact) mass is 346 g/mol. The van der Waals surface area contributed by atoms with Crippen LogP contribution in [0.15, 0.2) is 0 Å². The number of rotatable bonds is 17. The molecule has 0 heterocycles. The van der Waals surface area contributed by atoms with Crippen molar-refractivity contribution in [3.8, 4) is 0 Å². The van der Waals surface area contributed by atoms with E-state index in [1.54, 1.807) is 0 Å². The summed E-state index contributed by atoms with van der Waals surface area (Å²) < 4.78 is 4.84. The topological polar surface area (TPSA) is 87.0 Å². The van der Waals surface area contributed by atoms with Crippen molar-refractivity contribution in [2.24, 2.45) is 0 Å². The van der Waals surface area contributed by atoms with Crippen molar-refractivity contribution in [3.05, 3.63) is 0 Å². The van der Waals surface area contributed by atoms with Crippen molar-refractivity contribution in [1.82, 2.24) is 0 Å². The zero-order valence-electron chi connectivity index (χ0n) is 15.4. The Morgan fingerprint density at radius 1 is 0.833 bits per heavy atom. The fourth-order valence-corrected chi connectivity index (χ4v) is 2.62. The zero-order valence-corrected chi connectivity index (χ0v) is 15.4. The highest BCUT2D eigenvalue weighted by Crippen LogP contribution is 2.13. The molecule has 0 aromatic rings. The summed E-state index contributed by atoms with van der Waals surface area (Å²) in [4.78, 5) is 11.4. The number of esters is 1. The van der Waals surface area contributed by atoms with Crippen molar-refractivity contribution >= 4 is 5.97 Å². The maximum Gasteiger partial charge on any atom is 0.305 e. The van der Waals surface area contributed by atoms with Crippen LogP contribution in [0.25, 0.3) is 0 Å². The Morgan fingerprint density at radius 2 is 1.38 bits per heavy atom. The number of hydrogen-bond acceptors (Lipinski definition) is 5. The summed E-state index contributed by atoms with van der Waals surface area (Å²) >= 11 is 0. The molecule has 0 amide bonds. The normalized spacial score (nSPS) is 13.7. The average Bonchev–Trinajstić information content (AvgIpc) is 2.58. The van der Waals surface area contributed by atoms with Crippen molar-refractivity contribution in [2.45, 2.75) is 103 Å². The average molecular weight is 347 g/mol. The van der Waals surface area contributed by atoms with Gasteiger partial charge in [-0.05, 0) is 19.3 Å². The summed E-state index contributed by atoms with van der Waals surface area (Å²) in [6.07, 6.45) is 12.2. The van der Waals surface area contributed by atoms with E-state index < -0.39 is 6.10 Å². The molecule has 0 aliphatic carbocycles. The van der Waals surface area contributed by atoms with E-state index in [1.165, 1.54) is 19.3 Å². The van der Waals surface area contributed by atoms with Crippen molar-refractivity contribution in [3.63, 3.8) is 0 Å². The Labute approximate surface area is 147 Å². The first-order chi connectivity index (χ1) is 11.6. The van der Waals surface area contributed by atoms with Gasteiger partial charge in [0.05, 0.1) is 12.7 Å². The van der Waals surface area contributed by atoms with E-state index in [1.807, 2.05) is 0 Å². The molecule has 0 saturated heterocycles. The Bertz CT molecular complexity index is 283. The lowest BCUT2D eigenvalue weighted by Gasteiger charge is -2.10. The first-order valence-corrected chi connectivity index (χ1v) is 9.72. The molecule has 2 atom stereocenters. The van der Waals surface area contributed by atoms with E-state index in [2.05, 4.69) is 6.92 Å². The van der Waals surface area contributed by atoms with E-state index in [-0.39, 0.29) is 25.3 Å². The third-order valence-corrected chi connectivity index (χ3v) is 4.21. The van der Waals surface area contributed by atoms with Gasteiger partial charge >= 0.3 is 5.97 Å². The van der Waals surface area contributed by atoms with Crippen LogP contribution in [0.5, 0.6) is 0 Å². The molecule has 0 aromatic heterocycles. The van der Waals surface area contributed by atoms with E-state index >= 15 is 0 Å². The van der Waals surface area contributed by atoms with E-state index in [0.717, 1.165) is 57.8 Å². The number of ether oxygens (including phenoxy) is 1. The number of unbranched alkanes of at least 4 members (excludes halogenated alkanes) is 8. The highest BCUT2D eigenvalue weighted by atomic mass is 16.5. The van der Waals surface area contributed by atoms with Gasteiger partial charge in [-0.25, -0.2) is 0 Å². The van der Waals surface area contributed by atoms with Crippen LogP contribution >= 0.6 is 0 Å². The van der Waals surface area contributed by atoms with E-state index in [0.29, 0.717) is 6.42 Å². The fraction of sp³-hybridized carbons (Fsp3) is 0.947. The summed E-state index contributed by atoms with van der Waals surface area (Å²) in [6, 6.07) is 0. The molecule has 0 rings (SSSR count). The third kappa shape index (κ3) is 16.2. The van der Waals surface area contributed by atoms with Gasteiger partial charge in [-0.1, -0.05) is 64.7 Å². The van der Waals surface area contributed by atoms with Crippen LogP contribution in [0.3, 0.4) is 0 Å². The second-order valence-electron chi connectivity index (χ2n) is 6.68. The molecule has 0 fully saturated rings. The number of hydrogen-bond donors (Lipinski definition) is 3. The number of carbonyl (C=O) groups excluding carboxylic acids is 1. The van der Waals surface area contributed by atoms with Crippen LogP contribution in [-0.4, -0.2) is 46.7 Å². The second-order valence-corrected chi connectivity index (χ2v) is 6.68. The highest BCUT2D eigenvalue weighted by molar-refractivity contribution is 5.69. The van der Waals surface area contributed by atoms with Gasteiger partial charge in [0, 0.05) is 6.42 Å². The molecule has 5 nitrogen and oxygen atoms in total. The number of aliphatic hydroxyl groups is 3. The van der Waals surface area contributed by atoms with Crippen LogP contribution in [0.2, 0.25) is 0 Å². The van der Waals surface area contributed by atoms with Gasteiger partial charge in [0.15, 0.2) is 0 Å². The first kappa shape index (κ1) is 23.4. The molecule has 3 N–H and O–H groups in total. The van der Waals surface area contributed by atoms with Gasteiger partial charge < -0.3 is 20.1 Å². The van der Waals surface area contributed by atoms with Gasteiger partial charge in [-0.3, -0.25) is 4.79 Å². The predicted octanol–water partition coefficient (Wildman–Crippen LogP) is 3.33.